The Morgan fingerprint density at radius 1 is 0.435 bits per heavy atom. The van der Waals surface area contributed by atoms with Crippen LogP contribution in [-0.2, 0) is 18.6 Å². The Kier molecular flexibility index (Phi) is 9.71. The molecular weight excluding hydrogens is 739 g/mol. The van der Waals surface area contributed by atoms with Crippen molar-refractivity contribution in [3.63, 3.8) is 0 Å². The summed E-state index contributed by atoms with van der Waals surface area (Å²) in [6, 6.07) is 50.5. The summed E-state index contributed by atoms with van der Waals surface area (Å²) < 4.78 is 1.21. The average molecular weight is 775 g/mol. The fourth-order valence-corrected chi connectivity index (χ4v) is 41.4. The second kappa shape index (κ2) is 13.4. The molecule has 0 amide bonds. The first-order chi connectivity index (χ1) is 21.5. The molecule has 0 nitrogen and oxygen atoms in total. The van der Waals surface area contributed by atoms with Crippen LogP contribution in [0.1, 0.15) is 54.5 Å². The zero-order valence-corrected chi connectivity index (χ0v) is 32.7. The van der Waals surface area contributed by atoms with Crippen molar-refractivity contribution < 1.29 is 43.4 Å². The molecule has 6 aromatic rings. The molecule has 0 saturated heterocycles. The van der Waals surface area contributed by atoms with Gasteiger partial charge in [-0.1, -0.05) is 0 Å². The largest absolute Gasteiger partial charge is 1.00 e. The predicted molar refractivity (Wildman–Crippen MR) is 187 cm³/mol. The van der Waals surface area contributed by atoms with Gasteiger partial charge >= 0.3 is 272 Å². The van der Waals surface area contributed by atoms with Crippen molar-refractivity contribution in [3.05, 3.63) is 178 Å². The van der Waals surface area contributed by atoms with E-state index in [1.807, 2.05) is 0 Å². The van der Waals surface area contributed by atoms with Gasteiger partial charge in [-0.2, -0.15) is 0 Å². The van der Waals surface area contributed by atoms with E-state index in [0.717, 1.165) is 0 Å². The van der Waals surface area contributed by atoms with Crippen LogP contribution in [-0.4, -0.2) is 9.98 Å². The van der Waals surface area contributed by atoms with Gasteiger partial charge in [-0.15, -0.1) is 0 Å². The number of rotatable bonds is 4. The first-order valence-electron chi connectivity index (χ1n) is 15.8. The van der Waals surface area contributed by atoms with Crippen molar-refractivity contribution in [2.75, 3.05) is 0 Å². The van der Waals surface area contributed by atoms with Crippen molar-refractivity contribution in [2.24, 2.45) is 0 Å². The van der Waals surface area contributed by atoms with Gasteiger partial charge in [0, 0.05) is 0 Å². The Morgan fingerprint density at radius 3 is 1.22 bits per heavy atom. The number of allylic oxidation sites excluding steroid dienone is 2. The second-order valence-electron chi connectivity index (χ2n) is 12.7. The van der Waals surface area contributed by atoms with Crippen LogP contribution in [0.3, 0.4) is 0 Å². The number of halogens is 2. The summed E-state index contributed by atoms with van der Waals surface area (Å²) in [5, 5.41) is 5.39. The monoisotopic (exact) mass is 774 g/mol. The van der Waals surface area contributed by atoms with Crippen LogP contribution in [0.2, 0.25) is 11.5 Å². The normalized spacial score (nSPS) is 16.4. The maximum absolute atomic E-state index is 2.70. The first-order valence-corrected chi connectivity index (χ1v) is 30.2. The Balaban J connectivity index is 0.00000186. The summed E-state index contributed by atoms with van der Waals surface area (Å²) in [5.41, 5.74) is 15.3. The molecule has 226 valence electrons. The number of fused-ring (bicyclic) bond motifs is 4. The van der Waals surface area contributed by atoms with Gasteiger partial charge in [-0.05, 0) is 0 Å². The Hall–Kier alpha value is -2.67. The number of hydrogen-bond acceptors (Lipinski definition) is 0. The maximum atomic E-state index is 2.70. The molecule has 0 N–H and O–H groups in total. The first kappa shape index (κ1) is 33.2. The van der Waals surface area contributed by atoms with Gasteiger partial charge in [0.15, 0.2) is 0 Å². The Labute approximate surface area is 294 Å². The van der Waals surface area contributed by atoms with Gasteiger partial charge in [0.05, 0.1) is 0 Å². The second-order valence-corrected chi connectivity index (χ2v) is 41.9. The summed E-state index contributed by atoms with van der Waals surface area (Å²) in [6.07, 6.45) is 0. The fourth-order valence-electron chi connectivity index (χ4n) is 8.28. The van der Waals surface area contributed by atoms with E-state index >= 15 is 0 Å². The summed E-state index contributed by atoms with van der Waals surface area (Å²) in [5.74, 6) is 5.40. The van der Waals surface area contributed by atoms with Crippen LogP contribution in [0.25, 0.3) is 32.7 Å². The molecular formula is C42H36Cl2GeZr. The molecule has 0 aromatic heterocycles. The predicted octanol–water partition coefficient (Wildman–Crippen LogP) is 5.32. The van der Waals surface area contributed by atoms with Gasteiger partial charge in [-0.25, -0.2) is 0 Å². The van der Waals surface area contributed by atoms with Crippen LogP contribution < -0.4 is 24.8 Å². The molecule has 0 saturated carbocycles. The van der Waals surface area contributed by atoms with Crippen molar-refractivity contribution in [2.45, 2.75) is 32.6 Å². The van der Waals surface area contributed by atoms with Crippen LogP contribution in [0, 0.1) is 0 Å². The molecule has 2 aliphatic carbocycles. The van der Waals surface area contributed by atoms with Gasteiger partial charge in [0.25, 0.3) is 0 Å². The average Bonchev–Trinajstić information content (AvgIpc) is 3.50. The SMILES string of the molecule is CC1=C(c2cccc3ccccc23)c2ccccc2[CH]1[Zr+2]([CH]1C(C)=C(c2cccc3ccccc23)c2ccccc21)=[Ge]([CH3])[CH3].[Cl-].[Cl-]. The molecule has 0 fully saturated rings. The quantitative estimate of drug-likeness (QED) is 0.213. The Bertz CT molecular complexity index is 2080. The Morgan fingerprint density at radius 2 is 0.783 bits per heavy atom. The van der Waals surface area contributed by atoms with Gasteiger partial charge in [0.2, 0.25) is 0 Å². The van der Waals surface area contributed by atoms with Gasteiger partial charge < -0.3 is 24.8 Å². The molecule has 8 rings (SSSR count). The minimum atomic E-state index is -2.22. The third-order valence-electron chi connectivity index (χ3n) is 10.1. The molecule has 0 spiro atoms. The maximum Gasteiger partial charge on any atom is -1.00 e. The zero-order valence-electron chi connectivity index (χ0n) is 26.6. The van der Waals surface area contributed by atoms with Gasteiger partial charge in [-0.3, -0.25) is 0 Å². The summed E-state index contributed by atoms with van der Waals surface area (Å²) >= 11 is -2.22. The topological polar surface area (TPSA) is 0 Å². The van der Waals surface area contributed by atoms with E-state index in [2.05, 4.69) is 159 Å². The molecule has 0 heterocycles. The summed E-state index contributed by atoms with van der Waals surface area (Å²) in [4.78, 5) is 0. The van der Waals surface area contributed by atoms with E-state index in [-0.39, 0.29) is 24.8 Å². The molecule has 2 aliphatic rings. The molecule has 0 radical (unpaired) electrons. The van der Waals surface area contributed by atoms with E-state index in [0.29, 0.717) is 7.25 Å². The van der Waals surface area contributed by atoms with Crippen molar-refractivity contribution in [3.8, 4) is 0 Å². The molecule has 6 aromatic carbocycles. The van der Waals surface area contributed by atoms with E-state index in [1.54, 1.807) is 22.3 Å². The zero-order chi connectivity index (χ0) is 29.9. The number of benzene rings is 6. The van der Waals surface area contributed by atoms with Gasteiger partial charge in [0.1, 0.15) is 0 Å². The molecule has 0 aliphatic heterocycles. The van der Waals surface area contributed by atoms with Crippen LogP contribution >= 0.6 is 0 Å². The smallest absolute Gasteiger partial charge is 1.00 e. The third kappa shape index (κ3) is 5.23. The van der Waals surface area contributed by atoms with Crippen molar-refractivity contribution in [1.29, 1.82) is 0 Å². The molecule has 2 atom stereocenters. The van der Waals surface area contributed by atoms with Crippen LogP contribution in [0.5, 0.6) is 0 Å². The third-order valence-corrected chi connectivity index (χ3v) is 41.1. The molecule has 4 heteroatoms. The van der Waals surface area contributed by atoms with Crippen LogP contribution in [0.4, 0.5) is 0 Å². The number of hydrogen-bond donors (Lipinski definition) is 0. The standard InChI is InChI=1S/2C20H15.C2H6Ge.2ClH.Zr/c2*1-14-13-16-8-3-5-11-18(16)20(14)19-12-6-9-15-7-2-4-10-17(15)19;1-3-2;;;/h2*2-13H,1H3;1-2H3;2*1H;/q;;;;;+2/p-2. The van der Waals surface area contributed by atoms with E-state index in [1.165, 1.54) is 54.9 Å². The van der Waals surface area contributed by atoms with E-state index in [9.17, 15) is 0 Å². The summed E-state index contributed by atoms with van der Waals surface area (Å²) in [6.45, 7) is 4.99. The minimum absolute atomic E-state index is 0. The van der Waals surface area contributed by atoms with Crippen molar-refractivity contribution >= 4 is 42.7 Å². The van der Waals surface area contributed by atoms with E-state index in [4.69, 9.17) is 0 Å². The molecule has 46 heavy (non-hydrogen) atoms. The molecule has 2 unspecified atom stereocenters. The minimum Gasteiger partial charge on any atom is -1.00 e. The molecule has 0 bridgehead atoms. The summed E-state index contributed by atoms with van der Waals surface area (Å²) in [7, 11) is -1.33. The van der Waals surface area contributed by atoms with Crippen LogP contribution in [0.15, 0.2) is 145 Å². The van der Waals surface area contributed by atoms with Crippen molar-refractivity contribution in [1.82, 2.24) is 0 Å². The van der Waals surface area contributed by atoms with E-state index < -0.39 is 28.6 Å². The fraction of sp³-hybridized carbons (Fsp3) is 0.143.